The predicted molar refractivity (Wildman–Crippen MR) is 162 cm³/mol. The van der Waals surface area contributed by atoms with Gasteiger partial charge in [-0.05, 0) is 57.4 Å². The summed E-state index contributed by atoms with van der Waals surface area (Å²) in [6.45, 7) is 9.78. The number of nitrogens with one attached hydrogen (secondary N) is 2. The molecule has 0 saturated heterocycles. The average Bonchev–Trinajstić information content (AvgIpc) is 2.95. The number of hydrogen-bond acceptors (Lipinski definition) is 7. The molecule has 8 heteroatoms. The summed E-state index contributed by atoms with van der Waals surface area (Å²) < 4.78 is 11.1. The van der Waals surface area contributed by atoms with Gasteiger partial charge in [0, 0.05) is 29.9 Å². The summed E-state index contributed by atoms with van der Waals surface area (Å²) in [6, 6.07) is 14.6. The molecule has 1 amide bonds. The van der Waals surface area contributed by atoms with Crippen molar-refractivity contribution in [1.29, 1.82) is 5.41 Å². The lowest BCUT2D eigenvalue weighted by Crippen LogP contribution is -2.45. The maximum Gasteiger partial charge on any atom is 0.328 e. The van der Waals surface area contributed by atoms with Gasteiger partial charge in [0.2, 0.25) is 0 Å². The molecule has 3 aromatic rings. The number of carbonyl (C=O) groups excluding carboxylic acids is 2. The molecule has 0 aliphatic heterocycles. The highest BCUT2D eigenvalue weighted by Gasteiger charge is 2.24. The zero-order chi connectivity index (χ0) is 29.8. The van der Waals surface area contributed by atoms with E-state index >= 15 is 0 Å². The first-order valence-corrected chi connectivity index (χ1v) is 14.3. The molecular formula is C33H42N4O4. The summed E-state index contributed by atoms with van der Waals surface area (Å²) in [7, 11) is 0. The van der Waals surface area contributed by atoms with E-state index in [0.29, 0.717) is 5.82 Å². The van der Waals surface area contributed by atoms with E-state index in [4.69, 9.17) is 14.9 Å². The summed E-state index contributed by atoms with van der Waals surface area (Å²) in [5.41, 5.74) is 2.76. The molecule has 0 bridgehead atoms. The number of aromatic nitrogens is 2. The molecule has 3 rings (SSSR count). The van der Waals surface area contributed by atoms with Crippen LogP contribution in [0.5, 0.6) is 5.75 Å². The lowest BCUT2D eigenvalue weighted by atomic mass is 10.0. The zero-order valence-corrected chi connectivity index (χ0v) is 24.8. The standard InChI is InChI=1S/C33H42N4O4/c1-6-7-8-9-10-19-40-28-17-15-25(16-18-28)27-21-35-30(36-22-27)26-13-11-24(12-14-26)20-29(34)31(38)37-23(2)32(39)41-33(3,4)5/h11-18,21-23,34H,6-10,19-20H2,1-5H3,(H,37,38)/t23-/m1/s1. The Morgan fingerprint density at radius 1 is 0.878 bits per heavy atom. The SMILES string of the molecule is CCCCCCCOc1ccc(-c2cnc(-c3ccc(CC(=N)C(=O)N[C@H](C)C(=O)OC(C)(C)C)cc3)nc2)cc1. The molecule has 1 heterocycles. The van der Waals surface area contributed by atoms with E-state index < -0.39 is 23.5 Å². The van der Waals surface area contributed by atoms with Crippen LogP contribution in [0.3, 0.4) is 0 Å². The van der Waals surface area contributed by atoms with Crippen molar-refractivity contribution in [3.63, 3.8) is 0 Å². The van der Waals surface area contributed by atoms with Gasteiger partial charge in [-0.25, -0.2) is 14.8 Å². The van der Waals surface area contributed by atoms with Crippen molar-refractivity contribution in [2.24, 2.45) is 0 Å². The summed E-state index contributed by atoms with van der Waals surface area (Å²) in [4.78, 5) is 33.6. The maximum atomic E-state index is 12.4. The van der Waals surface area contributed by atoms with Crippen molar-refractivity contribution >= 4 is 17.6 Å². The molecule has 2 aromatic carbocycles. The molecule has 0 radical (unpaired) electrons. The van der Waals surface area contributed by atoms with Gasteiger partial charge in [0.1, 0.15) is 23.1 Å². The lowest BCUT2D eigenvalue weighted by Gasteiger charge is -2.22. The summed E-state index contributed by atoms with van der Waals surface area (Å²) >= 11 is 0. The number of unbranched alkanes of at least 4 members (excludes halogenated alkanes) is 4. The Labute approximate surface area is 243 Å². The number of amides is 1. The van der Waals surface area contributed by atoms with Crippen LogP contribution < -0.4 is 10.1 Å². The quantitative estimate of drug-likeness (QED) is 0.131. The van der Waals surface area contributed by atoms with Gasteiger partial charge < -0.3 is 14.8 Å². The van der Waals surface area contributed by atoms with E-state index in [1.807, 2.05) is 48.5 Å². The van der Waals surface area contributed by atoms with Crippen LogP contribution in [-0.2, 0) is 20.7 Å². The molecule has 0 saturated carbocycles. The van der Waals surface area contributed by atoms with E-state index in [-0.39, 0.29) is 12.1 Å². The van der Waals surface area contributed by atoms with Gasteiger partial charge in [-0.1, -0.05) is 69.0 Å². The van der Waals surface area contributed by atoms with E-state index in [9.17, 15) is 9.59 Å². The minimum absolute atomic E-state index is 0.130. The Morgan fingerprint density at radius 2 is 1.49 bits per heavy atom. The van der Waals surface area contributed by atoms with Crippen LogP contribution in [0.25, 0.3) is 22.5 Å². The Bertz CT molecular complexity index is 1280. The fourth-order valence-corrected chi connectivity index (χ4v) is 4.05. The van der Waals surface area contributed by atoms with Gasteiger partial charge in [0.25, 0.3) is 5.91 Å². The normalized spacial score (nSPS) is 11.9. The second kappa shape index (κ2) is 15.1. The van der Waals surface area contributed by atoms with Gasteiger partial charge in [0.15, 0.2) is 5.82 Å². The summed E-state index contributed by atoms with van der Waals surface area (Å²) in [5.74, 6) is 0.309. The van der Waals surface area contributed by atoms with Crippen LogP contribution in [-0.4, -0.2) is 45.8 Å². The Kier molecular flexibility index (Phi) is 11.6. The molecule has 41 heavy (non-hydrogen) atoms. The Hall–Kier alpha value is -4.07. The van der Waals surface area contributed by atoms with Crippen molar-refractivity contribution in [3.05, 3.63) is 66.5 Å². The smallest absolute Gasteiger partial charge is 0.328 e. The number of rotatable bonds is 14. The second-order valence-corrected chi connectivity index (χ2v) is 11.2. The molecule has 1 atom stereocenters. The third kappa shape index (κ3) is 10.4. The van der Waals surface area contributed by atoms with E-state index in [2.05, 4.69) is 22.2 Å². The molecule has 0 spiro atoms. The second-order valence-electron chi connectivity index (χ2n) is 11.2. The minimum atomic E-state index is -0.846. The minimum Gasteiger partial charge on any atom is -0.494 e. The Morgan fingerprint density at radius 3 is 2.10 bits per heavy atom. The molecule has 0 aliphatic carbocycles. The topological polar surface area (TPSA) is 114 Å². The van der Waals surface area contributed by atoms with Crippen LogP contribution in [0, 0.1) is 5.41 Å². The largest absolute Gasteiger partial charge is 0.494 e. The fraction of sp³-hybridized carbons (Fsp3) is 0.424. The van der Waals surface area contributed by atoms with Crippen molar-refractivity contribution < 1.29 is 19.1 Å². The third-order valence-electron chi connectivity index (χ3n) is 6.33. The summed E-state index contributed by atoms with van der Waals surface area (Å²) in [6.07, 6.45) is 9.80. The van der Waals surface area contributed by atoms with Crippen LogP contribution in [0.15, 0.2) is 60.9 Å². The first kappa shape index (κ1) is 31.5. The highest BCUT2D eigenvalue weighted by molar-refractivity contribution is 6.38. The highest BCUT2D eigenvalue weighted by Crippen LogP contribution is 2.23. The number of ether oxygens (including phenoxy) is 2. The molecule has 0 unspecified atom stereocenters. The molecule has 2 N–H and O–H groups in total. The Balaban J connectivity index is 1.51. The van der Waals surface area contributed by atoms with Crippen LogP contribution in [0.4, 0.5) is 0 Å². The van der Waals surface area contributed by atoms with Gasteiger partial charge >= 0.3 is 5.97 Å². The lowest BCUT2D eigenvalue weighted by molar-refractivity contribution is -0.157. The predicted octanol–water partition coefficient (Wildman–Crippen LogP) is 6.57. The van der Waals surface area contributed by atoms with Crippen LogP contribution in [0.2, 0.25) is 0 Å². The van der Waals surface area contributed by atoms with Crippen molar-refractivity contribution in [2.45, 2.75) is 84.8 Å². The van der Waals surface area contributed by atoms with Crippen LogP contribution in [0.1, 0.15) is 72.3 Å². The number of esters is 1. The van der Waals surface area contributed by atoms with E-state index in [1.165, 1.54) is 25.7 Å². The van der Waals surface area contributed by atoms with Crippen molar-refractivity contribution in [2.75, 3.05) is 6.61 Å². The van der Waals surface area contributed by atoms with E-state index in [1.54, 1.807) is 40.1 Å². The fourth-order valence-electron chi connectivity index (χ4n) is 4.05. The van der Waals surface area contributed by atoms with Gasteiger partial charge in [0.05, 0.1) is 6.61 Å². The molecular weight excluding hydrogens is 516 g/mol. The maximum absolute atomic E-state index is 12.4. The van der Waals surface area contributed by atoms with Crippen LogP contribution >= 0.6 is 0 Å². The van der Waals surface area contributed by atoms with E-state index in [0.717, 1.165) is 41.0 Å². The molecule has 8 nitrogen and oxygen atoms in total. The third-order valence-corrected chi connectivity index (χ3v) is 6.33. The highest BCUT2D eigenvalue weighted by atomic mass is 16.6. The van der Waals surface area contributed by atoms with Gasteiger partial charge in [-0.15, -0.1) is 0 Å². The van der Waals surface area contributed by atoms with Gasteiger partial charge in [-0.2, -0.15) is 0 Å². The molecule has 218 valence electrons. The first-order chi connectivity index (χ1) is 19.6. The monoisotopic (exact) mass is 558 g/mol. The molecule has 1 aromatic heterocycles. The average molecular weight is 559 g/mol. The van der Waals surface area contributed by atoms with Gasteiger partial charge in [-0.3, -0.25) is 10.2 Å². The molecule has 0 aliphatic rings. The number of hydrogen-bond donors (Lipinski definition) is 2. The number of nitrogens with zero attached hydrogens (tertiary/aromatic N) is 2. The van der Waals surface area contributed by atoms with Crippen molar-refractivity contribution in [1.82, 2.24) is 15.3 Å². The van der Waals surface area contributed by atoms with Crippen molar-refractivity contribution in [3.8, 4) is 28.3 Å². The zero-order valence-electron chi connectivity index (χ0n) is 24.8. The molecule has 0 fully saturated rings. The number of carbonyl (C=O) groups is 2. The summed E-state index contributed by atoms with van der Waals surface area (Å²) in [5, 5.41) is 10.7. The number of benzene rings is 2. The first-order valence-electron chi connectivity index (χ1n) is 14.3.